The summed E-state index contributed by atoms with van der Waals surface area (Å²) in [6, 6.07) is 58.6. The molecule has 4 heteroatoms. The molecule has 0 radical (unpaired) electrons. The molecule has 0 spiro atoms. The lowest BCUT2D eigenvalue weighted by molar-refractivity contribution is 1.31. The number of benzene rings is 6. The summed E-state index contributed by atoms with van der Waals surface area (Å²) in [5, 5.41) is 0. The molecule has 0 amide bonds. The van der Waals surface area contributed by atoms with Gasteiger partial charge in [0.2, 0.25) is 0 Å². The third-order valence-corrected chi connectivity index (χ3v) is 8.28. The van der Waals surface area contributed by atoms with Crippen LogP contribution in [0.3, 0.4) is 0 Å². The Kier molecular flexibility index (Phi) is 7.14. The lowest BCUT2D eigenvalue weighted by Gasteiger charge is -2.05. The number of aromatic amines is 2. The van der Waals surface area contributed by atoms with Crippen molar-refractivity contribution in [3.05, 3.63) is 170 Å². The maximum absolute atomic E-state index is 5.06. The number of rotatable bonds is 7. The van der Waals surface area contributed by atoms with Gasteiger partial charge in [0.05, 0.1) is 22.8 Å². The van der Waals surface area contributed by atoms with Crippen LogP contribution in [0.5, 0.6) is 0 Å². The van der Waals surface area contributed by atoms with E-state index in [1.54, 1.807) is 0 Å². The van der Waals surface area contributed by atoms with Gasteiger partial charge in [0.25, 0.3) is 0 Å². The monoisotopic (exact) mass is 590 g/mol. The molecule has 46 heavy (non-hydrogen) atoms. The van der Waals surface area contributed by atoms with E-state index in [-0.39, 0.29) is 0 Å². The van der Waals surface area contributed by atoms with Crippen LogP contribution in [0.4, 0.5) is 0 Å². The molecule has 0 atom stereocenters. The molecule has 2 heterocycles. The van der Waals surface area contributed by atoms with Crippen molar-refractivity contribution in [2.45, 2.75) is 0 Å². The minimum atomic E-state index is 0.848. The van der Waals surface area contributed by atoms with Gasteiger partial charge in [-0.1, -0.05) is 170 Å². The number of imidazole rings is 2. The Morgan fingerprint density at radius 3 is 0.870 bits per heavy atom. The Morgan fingerprint density at radius 1 is 0.261 bits per heavy atom. The van der Waals surface area contributed by atoms with Crippen LogP contribution in [0, 0.1) is 0 Å². The maximum atomic E-state index is 5.06. The van der Waals surface area contributed by atoms with Crippen molar-refractivity contribution in [3.8, 4) is 78.9 Å². The number of hydrogen-bond donors (Lipinski definition) is 2. The molecule has 2 aromatic heterocycles. The summed E-state index contributed by atoms with van der Waals surface area (Å²) in [5.41, 5.74) is 12.7. The topological polar surface area (TPSA) is 57.4 Å². The molecule has 0 unspecified atom stereocenters. The Balaban J connectivity index is 1.09. The van der Waals surface area contributed by atoms with E-state index in [9.17, 15) is 0 Å². The fraction of sp³-hybridized carbons (Fsp3) is 0. The summed E-state index contributed by atoms with van der Waals surface area (Å²) in [6.07, 6.45) is 0. The lowest BCUT2D eigenvalue weighted by Crippen LogP contribution is -1.84. The summed E-state index contributed by atoms with van der Waals surface area (Å²) in [4.78, 5) is 17.3. The van der Waals surface area contributed by atoms with Gasteiger partial charge in [0.1, 0.15) is 11.6 Å². The fourth-order valence-corrected chi connectivity index (χ4v) is 5.90. The highest BCUT2D eigenvalue weighted by atomic mass is 14.9. The van der Waals surface area contributed by atoms with E-state index < -0.39 is 0 Å². The molecule has 2 N–H and O–H groups in total. The highest BCUT2D eigenvalue weighted by molar-refractivity contribution is 5.83. The van der Waals surface area contributed by atoms with Crippen LogP contribution in [-0.4, -0.2) is 19.9 Å². The van der Waals surface area contributed by atoms with Gasteiger partial charge in [0.15, 0.2) is 0 Å². The maximum Gasteiger partial charge on any atom is 0.138 e. The minimum Gasteiger partial charge on any atom is -0.337 e. The van der Waals surface area contributed by atoms with Crippen LogP contribution in [0.2, 0.25) is 0 Å². The second-order valence-electron chi connectivity index (χ2n) is 11.2. The van der Waals surface area contributed by atoms with Crippen LogP contribution >= 0.6 is 0 Å². The summed E-state index contributed by atoms with van der Waals surface area (Å²) in [6.45, 7) is 0. The number of nitrogens with one attached hydrogen (secondary N) is 2. The molecule has 6 aromatic carbocycles. The molecule has 0 aliphatic carbocycles. The SMILES string of the molecule is c1ccc(-c2nc(-c3ccc(-c4ccc(-c5nc(-c6ccccc6)c(-c6ccccc6)[nH]5)cc4)cc3)[nH]c2-c2ccccc2)cc1. The van der Waals surface area contributed by atoms with Crippen LogP contribution in [0.25, 0.3) is 78.9 Å². The van der Waals surface area contributed by atoms with Crippen molar-refractivity contribution in [2.75, 3.05) is 0 Å². The van der Waals surface area contributed by atoms with Crippen LogP contribution in [0.15, 0.2) is 170 Å². The predicted molar refractivity (Wildman–Crippen MR) is 189 cm³/mol. The van der Waals surface area contributed by atoms with Crippen molar-refractivity contribution in [3.63, 3.8) is 0 Å². The quantitative estimate of drug-likeness (QED) is 0.194. The normalized spacial score (nSPS) is 11.0. The number of nitrogens with zero attached hydrogens (tertiary/aromatic N) is 2. The molecule has 0 fully saturated rings. The van der Waals surface area contributed by atoms with Gasteiger partial charge in [-0.25, -0.2) is 9.97 Å². The molecule has 0 aliphatic heterocycles. The van der Waals surface area contributed by atoms with Gasteiger partial charge in [-0.05, 0) is 11.1 Å². The van der Waals surface area contributed by atoms with Crippen molar-refractivity contribution in [1.82, 2.24) is 19.9 Å². The zero-order valence-corrected chi connectivity index (χ0v) is 25.1. The summed E-state index contributed by atoms with van der Waals surface area (Å²) < 4.78 is 0. The van der Waals surface area contributed by atoms with Crippen molar-refractivity contribution < 1.29 is 0 Å². The molecular weight excluding hydrogens is 560 g/mol. The molecule has 0 aliphatic rings. The van der Waals surface area contributed by atoms with E-state index in [0.717, 1.165) is 78.9 Å². The zero-order valence-electron chi connectivity index (χ0n) is 25.1. The average Bonchev–Trinajstić information content (AvgIpc) is 3.80. The van der Waals surface area contributed by atoms with Gasteiger partial charge < -0.3 is 9.97 Å². The lowest BCUT2D eigenvalue weighted by atomic mass is 10.0. The van der Waals surface area contributed by atoms with Gasteiger partial charge in [-0.3, -0.25) is 0 Å². The van der Waals surface area contributed by atoms with Crippen LogP contribution < -0.4 is 0 Å². The summed E-state index contributed by atoms with van der Waals surface area (Å²) in [5.74, 6) is 1.70. The first kappa shape index (κ1) is 27.3. The number of hydrogen-bond acceptors (Lipinski definition) is 2. The second-order valence-corrected chi connectivity index (χ2v) is 11.2. The third-order valence-electron chi connectivity index (χ3n) is 8.28. The second kappa shape index (κ2) is 12.0. The Morgan fingerprint density at radius 2 is 0.543 bits per heavy atom. The van der Waals surface area contributed by atoms with Crippen LogP contribution in [-0.2, 0) is 0 Å². The standard InChI is InChI=1S/C42H30N4/c1-5-13-31(14-6-1)37-38(32-15-7-2-8-16-32)44-41(43-37)35-25-21-29(22-26-35)30-23-27-36(28-24-30)42-45-39(33-17-9-3-10-18-33)40(46-42)34-19-11-4-12-20-34/h1-28H,(H,43,44)(H,45,46). The molecule has 0 saturated carbocycles. The van der Waals surface area contributed by atoms with Gasteiger partial charge in [-0.15, -0.1) is 0 Å². The average molecular weight is 591 g/mol. The first-order chi connectivity index (χ1) is 22.8. The molecule has 8 rings (SSSR count). The van der Waals surface area contributed by atoms with E-state index in [4.69, 9.17) is 9.97 Å². The highest BCUT2D eigenvalue weighted by Crippen LogP contribution is 2.35. The van der Waals surface area contributed by atoms with Crippen molar-refractivity contribution >= 4 is 0 Å². The van der Waals surface area contributed by atoms with Gasteiger partial charge in [0, 0.05) is 33.4 Å². The zero-order chi connectivity index (χ0) is 30.7. The molecule has 218 valence electrons. The van der Waals surface area contributed by atoms with E-state index in [1.807, 2.05) is 24.3 Å². The van der Waals surface area contributed by atoms with Crippen LogP contribution in [0.1, 0.15) is 0 Å². The first-order valence-electron chi connectivity index (χ1n) is 15.4. The molecule has 0 bridgehead atoms. The Bertz CT molecular complexity index is 1920. The smallest absolute Gasteiger partial charge is 0.138 e. The van der Waals surface area contributed by atoms with Gasteiger partial charge in [-0.2, -0.15) is 0 Å². The third kappa shape index (κ3) is 5.33. The van der Waals surface area contributed by atoms with E-state index in [1.165, 1.54) is 0 Å². The minimum absolute atomic E-state index is 0.848. The molecule has 8 aromatic rings. The highest BCUT2D eigenvalue weighted by Gasteiger charge is 2.17. The van der Waals surface area contributed by atoms with E-state index in [2.05, 4.69) is 156 Å². The predicted octanol–water partition coefficient (Wildman–Crippen LogP) is 10.8. The van der Waals surface area contributed by atoms with E-state index >= 15 is 0 Å². The largest absolute Gasteiger partial charge is 0.337 e. The Hall–Kier alpha value is -6.26. The van der Waals surface area contributed by atoms with Crippen molar-refractivity contribution in [1.29, 1.82) is 0 Å². The Labute approximate surface area is 268 Å². The molecule has 4 nitrogen and oxygen atoms in total. The summed E-state index contributed by atoms with van der Waals surface area (Å²) >= 11 is 0. The number of H-pyrrole nitrogens is 2. The van der Waals surface area contributed by atoms with E-state index in [0.29, 0.717) is 0 Å². The number of aromatic nitrogens is 4. The summed E-state index contributed by atoms with van der Waals surface area (Å²) in [7, 11) is 0. The van der Waals surface area contributed by atoms with Crippen molar-refractivity contribution in [2.24, 2.45) is 0 Å². The first-order valence-corrected chi connectivity index (χ1v) is 15.4. The molecular formula is C42H30N4. The molecule has 0 saturated heterocycles. The van der Waals surface area contributed by atoms with Gasteiger partial charge >= 0.3 is 0 Å². The fourth-order valence-electron chi connectivity index (χ4n) is 5.90.